The number of rotatable bonds is 2. The number of methoxy groups -OCH3 is 1. The molecule has 0 heterocycles. The number of ether oxygens (including phenoxy) is 1. The van der Waals surface area contributed by atoms with E-state index >= 15 is 0 Å². The van der Waals surface area contributed by atoms with Crippen molar-refractivity contribution < 1.29 is 30.9 Å². The van der Waals surface area contributed by atoms with Gasteiger partial charge in [-0.25, -0.2) is 8.42 Å². The largest absolute Gasteiger partial charge is 0.744 e. The van der Waals surface area contributed by atoms with Gasteiger partial charge in [0.05, 0.1) is 17.6 Å². The van der Waals surface area contributed by atoms with E-state index < -0.39 is 26.8 Å². The average Bonchev–Trinajstić information content (AvgIpc) is 2.14. The highest BCUT2D eigenvalue weighted by Crippen LogP contribution is 2.36. The van der Waals surface area contributed by atoms with Gasteiger partial charge in [0, 0.05) is 0 Å². The van der Waals surface area contributed by atoms with Gasteiger partial charge in [0.1, 0.15) is 15.9 Å². The molecule has 1 aromatic carbocycles. The van der Waals surface area contributed by atoms with E-state index in [9.17, 15) is 26.1 Å². The molecule has 0 N–H and O–H groups in total. The van der Waals surface area contributed by atoms with Crippen LogP contribution in [0, 0.1) is 0 Å². The molecular weight excluding hydrogens is 249 g/mol. The average molecular weight is 255 g/mol. The van der Waals surface area contributed by atoms with Gasteiger partial charge in [0.15, 0.2) is 0 Å². The lowest BCUT2D eigenvalue weighted by molar-refractivity contribution is -0.140. The van der Waals surface area contributed by atoms with Gasteiger partial charge >= 0.3 is 6.18 Å². The summed E-state index contributed by atoms with van der Waals surface area (Å²) in [7, 11) is -4.04. The predicted molar refractivity (Wildman–Crippen MR) is 46.0 cm³/mol. The van der Waals surface area contributed by atoms with E-state index in [4.69, 9.17) is 0 Å². The van der Waals surface area contributed by atoms with Crippen molar-refractivity contribution in [2.45, 2.75) is 11.1 Å². The van der Waals surface area contributed by atoms with Crippen LogP contribution in [-0.2, 0) is 16.3 Å². The summed E-state index contributed by atoms with van der Waals surface area (Å²) in [5.74, 6) is -0.181. The van der Waals surface area contributed by atoms with Gasteiger partial charge in [-0.05, 0) is 18.2 Å². The monoisotopic (exact) mass is 255 g/mol. The second kappa shape index (κ2) is 3.95. The van der Waals surface area contributed by atoms with Gasteiger partial charge in [-0.3, -0.25) is 0 Å². The molecule has 4 nitrogen and oxygen atoms in total. The molecule has 0 fully saturated rings. The highest BCUT2D eigenvalue weighted by molar-refractivity contribution is 7.85. The number of alkyl halides is 3. The minimum Gasteiger partial charge on any atom is -0.744 e. The molecule has 0 aliphatic carbocycles. The molecule has 0 atom stereocenters. The molecule has 0 radical (unpaired) electrons. The lowest BCUT2D eigenvalue weighted by atomic mass is 10.2. The van der Waals surface area contributed by atoms with Gasteiger partial charge in [-0.15, -0.1) is 0 Å². The van der Waals surface area contributed by atoms with E-state index in [-0.39, 0.29) is 5.75 Å². The van der Waals surface area contributed by atoms with E-state index in [1.165, 1.54) is 0 Å². The lowest BCUT2D eigenvalue weighted by Gasteiger charge is -2.16. The van der Waals surface area contributed by atoms with Crippen LogP contribution in [0.5, 0.6) is 5.75 Å². The van der Waals surface area contributed by atoms with Gasteiger partial charge < -0.3 is 9.29 Å². The van der Waals surface area contributed by atoms with E-state index in [0.717, 1.165) is 13.2 Å². The maximum absolute atomic E-state index is 12.4. The highest BCUT2D eigenvalue weighted by Gasteiger charge is 2.35. The molecule has 0 saturated heterocycles. The van der Waals surface area contributed by atoms with Crippen LogP contribution < -0.4 is 4.74 Å². The standard InChI is InChI=1S/C8H7F3O4S/c1-15-5-2-3-7(16(12,13)14)6(4-5)8(9,10)11/h2-4H,1H3,(H,12,13,14)/p-1. The van der Waals surface area contributed by atoms with E-state index in [1.807, 2.05) is 0 Å². The summed E-state index contributed by atoms with van der Waals surface area (Å²) in [6, 6.07) is 2.01. The van der Waals surface area contributed by atoms with E-state index in [2.05, 4.69) is 4.74 Å². The second-order valence-corrected chi connectivity index (χ2v) is 4.16. The van der Waals surface area contributed by atoms with Crippen LogP contribution in [0.4, 0.5) is 13.2 Å². The summed E-state index contributed by atoms with van der Waals surface area (Å²) in [6.07, 6.45) is -4.93. The van der Waals surface area contributed by atoms with Crippen LogP contribution in [0.25, 0.3) is 0 Å². The second-order valence-electron chi connectivity index (χ2n) is 2.81. The van der Waals surface area contributed by atoms with Crippen LogP contribution >= 0.6 is 0 Å². The molecule has 0 amide bonds. The number of benzene rings is 1. The number of hydrogen-bond acceptors (Lipinski definition) is 4. The Labute approximate surface area is 89.4 Å². The lowest BCUT2D eigenvalue weighted by Crippen LogP contribution is -2.13. The fourth-order valence-corrected chi connectivity index (χ4v) is 1.75. The fraction of sp³-hybridized carbons (Fsp3) is 0.250. The minimum absolute atomic E-state index is 0.181. The predicted octanol–water partition coefficient (Wildman–Crippen LogP) is 1.62. The summed E-state index contributed by atoms with van der Waals surface area (Å²) in [6.45, 7) is 0. The van der Waals surface area contributed by atoms with Crippen LogP contribution in [0.3, 0.4) is 0 Å². The van der Waals surface area contributed by atoms with Crippen LogP contribution in [0.2, 0.25) is 0 Å². The van der Waals surface area contributed by atoms with Crippen LogP contribution in [-0.4, -0.2) is 20.1 Å². The number of halogens is 3. The van der Waals surface area contributed by atoms with Gasteiger partial charge in [0.2, 0.25) is 0 Å². The van der Waals surface area contributed by atoms with Crippen molar-refractivity contribution in [1.82, 2.24) is 0 Å². The fourth-order valence-electron chi connectivity index (χ4n) is 1.08. The molecule has 0 aliphatic rings. The molecule has 0 unspecified atom stereocenters. The normalized spacial score (nSPS) is 12.6. The molecule has 0 bridgehead atoms. The Balaban J connectivity index is 3.52. The summed E-state index contributed by atoms with van der Waals surface area (Å²) in [5, 5.41) is 0. The Morgan fingerprint density at radius 1 is 1.31 bits per heavy atom. The molecule has 0 aliphatic heterocycles. The van der Waals surface area contributed by atoms with Crippen molar-refractivity contribution >= 4 is 10.1 Å². The third kappa shape index (κ3) is 2.64. The molecule has 8 heteroatoms. The zero-order chi connectivity index (χ0) is 12.6. The van der Waals surface area contributed by atoms with E-state index in [0.29, 0.717) is 12.1 Å². The molecule has 1 aromatic rings. The zero-order valence-electron chi connectivity index (χ0n) is 7.91. The van der Waals surface area contributed by atoms with Crippen molar-refractivity contribution in [1.29, 1.82) is 0 Å². The van der Waals surface area contributed by atoms with Crippen LogP contribution in [0.1, 0.15) is 5.56 Å². The number of hydrogen-bond donors (Lipinski definition) is 0. The quantitative estimate of drug-likeness (QED) is 0.753. The van der Waals surface area contributed by atoms with Gasteiger partial charge in [-0.2, -0.15) is 13.2 Å². The summed E-state index contributed by atoms with van der Waals surface area (Å²) >= 11 is 0. The third-order valence-corrected chi connectivity index (χ3v) is 2.66. The molecule has 0 spiro atoms. The van der Waals surface area contributed by atoms with Crippen molar-refractivity contribution in [3.05, 3.63) is 23.8 Å². The molecule has 16 heavy (non-hydrogen) atoms. The van der Waals surface area contributed by atoms with Crippen molar-refractivity contribution in [3.8, 4) is 5.75 Å². The van der Waals surface area contributed by atoms with Gasteiger partial charge in [0.25, 0.3) is 0 Å². The first-order chi connectivity index (χ1) is 7.16. The first-order valence-electron chi connectivity index (χ1n) is 3.87. The molecular formula is C8H6F3O4S-. The molecule has 0 aromatic heterocycles. The Hall–Kier alpha value is -1.28. The molecule has 90 valence electrons. The molecule has 1 rings (SSSR count). The summed E-state index contributed by atoms with van der Waals surface area (Å²) < 4.78 is 73.6. The Kier molecular flexibility index (Phi) is 3.15. The minimum atomic E-state index is -5.17. The first-order valence-corrected chi connectivity index (χ1v) is 5.28. The topological polar surface area (TPSA) is 66.4 Å². The van der Waals surface area contributed by atoms with Crippen molar-refractivity contribution in [2.75, 3.05) is 7.11 Å². The zero-order valence-corrected chi connectivity index (χ0v) is 8.72. The Morgan fingerprint density at radius 3 is 2.25 bits per heavy atom. The Morgan fingerprint density at radius 2 is 1.88 bits per heavy atom. The van der Waals surface area contributed by atoms with E-state index in [1.54, 1.807) is 0 Å². The van der Waals surface area contributed by atoms with Crippen LogP contribution in [0.15, 0.2) is 23.1 Å². The van der Waals surface area contributed by atoms with Crippen molar-refractivity contribution in [2.24, 2.45) is 0 Å². The smallest absolute Gasteiger partial charge is 0.417 e. The third-order valence-electron chi connectivity index (χ3n) is 1.76. The maximum atomic E-state index is 12.4. The summed E-state index contributed by atoms with van der Waals surface area (Å²) in [5.41, 5.74) is -1.53. The summed E-state index contributed by atoms with van der Waals surface area (Å²) in [4.78, 5) is -1.30. The maximum Gasteiger partial charge on any atom is 0.417 e. The van der Waals surface area contributed by atoms with Crippen molar-refractivity contribution in [3.63, 3.8) is 0 Å². The Bertz CT molecular complexity index is 492. The van der Waals surface area contributed by atoms with Gasteiger partial charge in [-0.1, -0.05) is 0 Å². The highest BCUT2D eigenvalue weighted by atomic mass is 32.2. The first kappa shape index (κ1) is 12.8. The SMILES string of the molecule is COc1ccc(S(=O)(=O)[O-])c(C(F)(F)F)c1. The molecule has 0 saturated carbocycles.